The molecule has 3 aromatic rings. The molecule has 4 heteroatoms. The summed E-state index contributed by atoms with van der Waals surface area (Å²) >= 11 is 0. The fraction of sp³-hybridized carbons (Fsp3) is 0.125. The van der Waals surface area contributed by atoms with Gasteiger partial charge in [0.1, 0.15) is 12.4 Å². The number of aliphatic carboxylic acids is 1. The maximum atomic E-state index is 10.8. The fourth-order valence-electron chi connectivity index (χ4n) is 3.08. The minimum Gasteiger partial charge on any atom is -0.489 e. The number of fused-ring (bicyclic) bond motifs is 1. The van der Waals surface area contributed by atoms with Gasteiger partial charge in [-0.25, -0.2) is 0 Å². The zero-order chi connectivity index (χ0) is 20.1. The molecular weight excluding hydrogens is 350 g/mol. The van der Waals surface area contributed by atoms with Crippen LogP contribution in [0, 0.1) is 0 Å². The number of hydrogen-bond donors (Lipinski definition) is 2. The van der Waals surface area contributed by atoms with Gasteiger partial charge in [0, 0.05) is 6.54 Å². The molecule has 0 radical (unpaired) electrons. The van der Waals surface area contributed by atoms with Gasteiger partial charge in [0.25, 0.3) is 0 Å². The first kappa shape index (κ1) is 19.4. The lowest BCUT2D eigenvalue weighted by Crippen LogP contribution is -2.01. The van der Waals surface area contributed by atoms with E-state index < -0.39 is 5.97 Å². The van der Waals surface area contributed by atoms with Gasteiger partial charge in [-0.3, -0.25) is 4.79 Å². The van der Waals surface area contributed by atoms with Crippen molar-refractivity contribution in [3.05, 3.63) is 96.3 Å². The number of rotatable bonds is 8. The number of hydrogen-bond acceptors (Lipinski definition) is 3. The van der Waals surface area contributed by atoms with E-state index in [1.54, 1.807) is 0 Å². The molecule has 3 aromatic carbocycles. The molecule has 0 unspecified atom stereocenters. The molecule has 142 valence electrons. The lowest BCUT2D eigenvalue weighted by Gasteiger charge is -2.13. The summed E-state index contributed by atoms with van der Waals surface area (Å²) in [4.78, 5) is 10.8. The van der Waals surface area contributed by atoms with E-state index in [1.165, 1.54) is 0 Å². The van der Waals surface area contributed by atoms with Crippen LogP contribution in [0.2, 0.25) is 0 Å². The molecule has 0 aromatic heterocycles. The van der Waals surface area contributed by atoms with Crippen molar-refractivity contribution >= 4 is 16.7 Å². The summed E-state index contributed by atoms with van der Waals surface area (Å²) in [6.07, 6.45) is -0.182. The van der Waals surface area contributed by atoms with E-state index in [0.717, 1.165) is 33.0 Å². The summed E-state index contributed by atoms with van der Waals surface area (Å²) in [5.74, 6) is -0.656. The van der Waals surface area contributed by atoms with Crippen LogP contribution >= 0.6 is 0 Å². The first-order valence-electron chi connectivity index (χ1n) is 9.00. The maximum absolute atomic E-state index is 10.8. The van der Waals surface area contributed by atoms with Gasteiger partial charge >= 0.3 is 5.97 Å². The molecule has 0 saturated carbocycles. The Kier molecular flexibility index (Phi) is 5.92. The lowest BCUT2D eigenvalue weighted by molar-refractivity contribution is -0.136. The molecule has 28 heavy (non-hydrogen) atoms. The van der Waals surface area contributed by atoms with E-state index in [2.05, 4.69) is 49.6 Å². The molecular formula is C24H23NO3. The van der Waals surface area contributed by atoms with Crippen molar-refractivity contribution in [1.29, 1.82) is 0 Å². The van der Waals surface area contributed by atoms with Crippen molar-refractivity contribution in [3.63, 3.8) is 0 Å². The van der Waals surface area contributed by atoms with Gasteiger partial charge in [-0.1, -0.05) is 61.7 Å². The average Bonchev–Trinajstić information content (AvgIpc) is 2.70. The highest BCUT2D eigenvalue weighted by atomic mass is 16.5. The third kappa shape index (κ3) is 4.48. The predicted octanol–water partition coefficient (Wildman–Crippen LogP) is 5.03. The van der Waals surface area contributed by atoms with E-state index in [4.69, 9.17) is 15.6 Å². The highest BCUT2D eigenvalue weighted by Gasteiger charge is 2.09. The van der Waals surface area contributed by atoms with Crippen LogP contribution in [0.3, 0.4) is 0 Å². The van der Waals surface area contributed by atoms with Crippen molar-refractivity contribution < 1.29 is 14.6 Å². The number of carboxylic acids is 1. The molecule has 0 heterocycles. The van der Waals surface area contributed by atoms with Gasteiger partial charge in [-0.05, 0) is 50.7 Å². The molecule has 0 aliphatic heterocycles. The smallest absolute Gasteiger partial charge is 0.307 e. The third-order valence-corrected chi connectivity index (χ3v) is 4.59. The SMILES string of the molecule is C=C(CC(=O)O)C(=C)OCc1ccc2cccc(-c3cccc(CN)c3)c2c1. The van der Waals surface area contributed by atoms with Crippen LogP contribution in [-0.2, 0) is 22.7 Å². The molecule has 0 amide bonds. The zero-order valence-electron chi connectivity index (χ0n) is 15.7. The molecule has 3 rings (SSSR count). The van der Waals surface area contributed by atoms with Crippen LogP contribution in [0.25, 0.3) is 21.9 Å². The van der Waals surface area contributed by atoms with Crippen LogP contribution in [0.5, 0.6) is 0 Å². The monoisotopic (exact) mass is 373 g/mol. The standard InChI is InChI=1S/C24H23NO3/c1-16(11-24(26)27)17(2)28-15-19-9-10-20-6-4-8-22(23(20)13-19)21-7-3-5-18(12-21)14-25/h3-10,12-13H,1-2,11,14-15,25H2,(H,26,27). The van der Waals surface area contributed by atoms with Gasteiger partial charge in [0.2, 0.25) is 0 Å². The second-order valence-electron chi connectivity index (χ2n) is 6.65. The fourth-order valence-corrected chi connectivity index (χ4v) is 3.08. The van der Waals surface area contributed by atoms with Crippen molar-refractivity contribution in [2.45, 2.75) is 19.6 Å². The summed E-state index contributed by atoms with van der Waals surface area (Å²) in [5.41, 5.74) is 10.5. The molecule has 4 nitrogen and oxygen atoms in total. The summed E-state index contributed by atoms with van der Waals surface area (Å²) in [7, 11) is 0. The predicted molar refractivity (Wildman–Crippen MR) is 113 cm³/mol. The Morgan fingerprint density at radius 3 is 2.54 bits per heavy atom. The zero-order valence-corrected chi connectivity index (χ0v) is 15.7. The minimum atomic E-state index is -0.954. The molecule has 0 bridgehead atoms. The van der Waals surface area contributed by atoms with Gasteiger partial charge < -0.3 is 15.6 Å². The molecule has 0 saturated heterocycles. The maximum Gasteiger partial charge on any atom is 0.307 e. The molecule has 0 aliphatic carbocycles. The summed E-state index contributed by atoms with van der Waals surface area (Å²) in [6.45, 7) is 8.28. The van der Waals surface area contributed by atoms with Crippen LogP contribution < -0.4 is 5.73 Å². The van der Waals surface area contributed by atoms with Crippen LogP contribution in [0.15, 0.2) is 85.2 Å². The average molecular weight is 373 g/mol. The highest BCUT2D eigenvalue weighted by Crippen LogP contribution is 2.30. The summed E-state index contributed by atoms with van der Waals surface area (Å²) < 4.78 is 5.65. The molecule has 0 atom stereocenters. The van der Waals surface area contributed by atoms with Crippen molar-refractivity contribution in [1.82, 2.24) is 0 Å². The second kappa shape index (κ2) is 8.55. The number of carboxylic acid groups (broad SMARTS) is 1. The molecule has 0 aliphatic rings. The van der Waals surface area contributed by atoms with Gasteiger partial charge in [-0.15, -0.1) is 0 Å². The van der Waals surface area contributed by atoms with E-state index >= 15 is 0 Å². The quantitative estimate of drug-likeness (QED) is 0.429. The second-order valence-corrected chi connectivity index (χ2v) is 6.65. The Morgan fingerprint density at radius 2 is 1.79 bits per heavy atom. The van der Waals surface area contributed by atoms with Crippen LogP contribution in [-0.4, -0.2) is 11.1 Å². The molecule has 0 spiro atoms. The number of nitrogens with two attached hydrogens (primary N) is 1. The van der Waals surface area contributed by atoms with Crippen molar-refractivity contribution in [2.75, 3.05) is 0 Å². The first-order chi connectivity index (χ1) is 13.5. The molecule has 0 fully saturated rings. The lowest BCUT2D eigenvalue weighted by atomic mass is 9.96. The van der Waals surface area contributed by atoms with Crippen molar-refractivity contribution in [2.24, 2.45) is 5.73 Å². The van der Waals surface area contributed by atoms with E-state index in [9.17, 15) is 4.79 Å². The van der Waals surface area contributed by atoms with Crippen LogP contribution in [0.1, 0.15) is 17.5 Å². The largest absolute Gasteiger partial charge is 0.489 e. The van der Waals surface area contributed by atoms with Crippen LogP contribution in [0.4, 0.5) is 0 Å². The summed E-state index contributed by atoms with van der Waals surface area (Å²) in [6, 6.07) is 20.6. The number of benzene rings is 3. The minimum absolute atomic E-state index is 0.182. The Morgan fingerprint density at radius 1 is 1.00 bits per heavy atom. The molecule has 3 N–H and O–H groups in total. The number of allylic oxidation sites excluding steroid dienone is 1. The topological polar surface area (TPSA) is 72.5 Å². The Bertz CT molecular complexity index is 1050. The summed E-state index contributed by atoms with van der Waals surface area (Å²) in [5, 5.41) is 11.1. The van der Waals surface area contributed by atoms with E-state index in [1.807, 2.05) is 24.3 Å². The Hall–Kier alpha value is -3.37. The first-order valence-corrected chi connectivity index (χ1v) is 9.00. The normalized spacial score (nSPS) is 10.6. The Labute approximate surface area is 164 Å². The van der Waals surface area contributed by atoms with E-state index in [-0.39, 0.29) is 6.42 Å². The van der Waals surface area contributed by atoms with Gasteiger partial charge in [0.05, 0.1) is 6.42 Å². The van der Waals surface area contributed by atoms with Crippen molar-refractivity contribution in [3.8, 4) is 11.1 Å². The number of ether oxygens (including phenoxy) is 1. The number of carbonyl (C=O) groups is 1. The Balaban J connectivity index is 1.87. The van der Waals surface area contributed by atoms with Gasteiger partial charge in [0.15, 0.2) is 0 Å². The highest BCUT2D eigenvalue weighted by molar-refractivity contribution is 5.97. The van der Waals surface area contributed by atoms with E-state index in [0.29, 0.717) is 24.5 Å². The third-order valence-electron chi connectivity index (χ3n) is 4.59. The van der Waals surface area contributed by atoms with Gasteiger partial charge in [-0.2, -0.15) is 0 Å².